The molecule has 0 aliphatic rings. The van der Waals surface area contributed by atoms with Crippen LogP contribution in [-0.4, -0.2) is 30.9 Å². The molecule has 0 fully saturated rings. The summed E-state index contributed by atoms with van der Waals surface area (Å²) in [4.78, 5) is 0. The van der Waals surface area contributed by atoms with E-state index >= 15 is 0 Å². The minimum Gasteiger partial charge on any atom is -0.491 e. The van der Waals surface area contributed by atoms with E-state index in [1.807, 2.05) is 6.92 Å². The van der Waals surface area contributed by atoms with Crippen LogP contribution in [0, 0.1) is 0 Å². The standard InChI is InChI=1S/C13H17ClF3NO2/c1-2-10(18-5-6-19)8-20-12-4-3-9(14)7-11(12)13(15,16)17/h3-4,7,10,18-19H,2,5-6,8H2,1H3/t10-/m0/s1. The fourth-order valence-electron chi connectivity index (χ4n) is 1.63. The molecule has 20 heavy (non-hydrogen) atoms. The molecule has 0 saturated carbocycles. The number of hydrogen-bond donors (Lipinski definition) is 2. The van der Waals surface area contributed by atoms with Gasteiger partial charge >= 0.3 is 6.18 Å². The topological polar surface area (TPSA) is 41.5 Å². The van der Waals surface area contributed by atoms with E-state index in [0.29, 0.717) is 13.0 Å². The van der Waals surface area contributed by atoms with Crippen molar-refractivity contribution in [2.45, 2.75) is 25.6 Å². The van der Waals surface area contributed by atoms with Crippen molar-refractivity contribution in [3.63, 3.8) is 0 Å². The molecule has 2 N–H and O–H groups in total. The zero-order valence-corrected chi connectivity index (χ0v) is 11.8. The van der Waals surface area contributed by atoms with Crippen molar-refractivity contribution in [2.24, 2.45) is 0 Å². The van der Waals surface area contributed by atoms with Crippen LogP contribution in [0.25, 0.3) is 0 Å². The van der Waals surface area contributed by atoms with Gasteiger partial charge < -0.3 is 15.2 Å². The fourth-order valence-corrected chi connectivity index (χ4v) is 1.80. The Morgan fingerprint density at radius 2 is 2.10 bits per heavy atom. The second-order valence-electron chi connectivity index (χ2n) is 4.23. The quantitative estimate of drug-likeness (QED) is 0.813. The summed E-state index contributed by atoms with van der Waals surface area (Å²) in [5, 5.41) is 11.7. The van der Waals surface area contributed by atoms with Gasteiger partial charge in [-0.2, -0.15) is 13.2 Å². The summed E-state index contributed by atoms with van der Waals surface area (Å²) in [5.41, 5.74) is -0.887. The van der Waals surface area contributed by atoms with Crippen LogP contribution in [0.3, 0.4) is 0 Å². The zero-order valence-electron chi connectivity index (χ0n) is 11.0. The predicted octanol–water partition coefficient (Wildman–Crippen LogP) is 3.10. The molecule has 0 spiro atoms. The minimum absolute atomic E-state index is 0.00937. The van der Waals surface area contributed by atoms with Crippen molar-refractivity contribution in [1.29, 1.82) is 0 Å². The van der Waals surface area contributed by atoms with Crippen LogP contribution >= 0.6 is 11.6 Å². The smallest absolute Gasteiger partial charge is 0.420 e. The molecular formula is C13H17ClF3NO2. The first kappa shape index (κ1) is 17.1. The highest BCUT2D eigenvalue weighted by Crippen LogP contribution is 2.37. The van der Waals surface area contributed by atoms with Gasteiger partial charge in [0, 0.05) is 17.6 Å². The second kappa shape index (κ2) is 7.71. The lowest BCUT2D eigenvalue weighted by Crippen LogP contribution is -2.36. The molecule has 3 nitrogen and oxygen atoms in total. The largest absolute Gasteiger partial charge is 0.491 e. The summed E-state index contributed by atoms with van der Waals surface area (Å²) in [6.07, 6.45) is -3.84. The highest BCUT2D eigenvalue weighted by atomic mass is 35.5. The number of aliphatic hydroxyl groups is 1. The Kier molecular flexibility index (Phi) is 6.58. The monoisotopic (exact) mass is 311 g/mol. The van der Waals surface area contributed by atoms with Gasteiger partial charge in [-0.3, -0.25) is 0 Å². The van der Waals surface area contributed by atoms with E-state index in [-0.39, 0.29) is 30.0 Å². The van der Waals surface area contributed by atoms with Crippen molar-refractivity contribution >= 4 is 11.6 Å². The third-order valence-corrected chi connectivity index (χ3v) is 2.96. The summed E-state index contributed by atoms with van der Waals surface area (Å²) >= 11 is 5.59. The molecule has 0 aliphatic carbocycles. The third-order valence-electron chi connectivity index (χ3n) is 2.72. The average Bonchev–Trinajstić information content (AvgIpc) is 2.39. The van der Waals surface area contributed by atoms with Gasteiger partial charge in [-0.1, -0.05) is 18.5 Å². The molecule has 0 unspecified atom stereocenters. The van der Waals surface area contributed by atoms with E-state index in [2.05, 4.69) is 5.32 Å². The minimum atomic E-state index is -4.51. The van der Waals surface area contributed by atoms with Crippen LogP contribution in [0.15, 0.2) is 18.2 Å². The first-order chi connectivity index (χ1) is 9.38. The average molecular weight is 312 g/mol. The van der Waals surface area contributed by atoms with Crippen molar-refractivity contribution in [3.8, 4) is 5.75 Å². The number of aliphatic hydroxyl groups excluding tert-OH is 1. The van der Waals surface area contributed by atoms with Crippen LogP contribution in [0.5, 0.6) is 5.75 Å². The first-order valence-corrected chi connectivity index (χ1v) is 6.60. The molecule has 0 bridgehead atoms. The number of alkyl halides is 3. The van der Waals surface area contributed by atoms with Gasteiger partial charge in [0.1, 0.15) is 12.4 Å². The van der Waals surface area contributed by atoms with Gasteiger partial charge in [0.15, 0.2) is 0 Å². The number of ether oxygens (including phenoxy) is 1. The third kappa shape index (κ3) is 5.19. The Morgan fingerprint density at radius 1 is 1.40 bits per heavy atom. The van der Waals surface area contributed by atoms with Gasteiger partial charge in [-0.15, -0.1) is 0 Å². The normalized spacial score (nSPS) is 13.3. The van der Waals surface area contributed by atoms with Gasteiger partial charge in [0.2, 0.25) is 0 Å². The molecule has 0 saturated heterocycles. The molecule has 0 aliphatic heterocycles. The zero-order chi connectivity index (χ0) is 15.2. The van der Waals surface area contributed by atoms with Crippen molar-refractivity contribution in [2.75, 3.05) is 19.8 Å². The van der Waals surface area contributed by atoms with Gasteiger partial charge in [0.05, 0.1) is 12.2 Å². The van der Waals surface area contributed by atoms with E-state index < -0.39 is 11.7 Å². The molecule has 7 heteroatoms. The molecule has 114 valence electrons. The summed E-state index contributed by atoms with van der Waals surface area (Å²) < 4.78 is 43.8. The van der Waals surface area contributed by atoms with E-state index in [0.717, 1.165) is 6.07 Å². The highest BCUT2D eigenvalue weighted by molar-refractivity contribution is 6.30. The molecule has 1 rings (SSSR count). The maximum Gasteiger partial charge on any atom is 0.420 e. The van der Waals surface area contributed by atoms with Crippen LogP contribution in [0.4, 0.5) is 13.2 Å². The molecular weight excluding hydrogens is 295 g/mol. The Hall–Kier alpha value is -0.980. The Labute approximate surface area is 120 Å². The molecule has 0 amide bonds. The molecule has 1 atom stereocenters. The lowest BCUT2D eigenvalue weighted by molar-refractivity contribution is -0.139. The van der Waals surface area contributed by atoms with Crippen LogP contribution < -0.4 is 10.1 Å². The molecule has 0 aromatic heterocycles. The van der Waals surface area contributed by atoms with Crippen LogP contribution in [0.2, 0.25) is 5.02 Å². The molecule has 1 aromatic rings. The summed E-state index contributed by atoms with van der Waals surface area (Å²) in [7, 11) is 0. The SMILES string of the molecule is CC[C@@H](COc1ccc(Cl)cc1C(F)(F)F)NCCO. The number of nitrogens with one attached hydrogen (secondary N) is 1. The maximum atomic E-state index is 12.9. The number of halogens is 4. The van der Waals surface area contributed by atoms with Gasteiger partial charge in [-0.25, -0.2) is 0 Å². The highest BCUT2D eigenvalue weighted by Gasteiger charge is 2.34. The predicted molar refractivity (Wildman–Crippen MR) is 71.1 cm³/mol. The Balaban J connectivity index is 2.76. The summed E-state index contributed by atoms with van der Waals surface area (Å²) in [6, 6.07) is 3.29. The van der Waals surface area contributed by atoms with Crippen molar-refractivity contribution in [1.82, 2.24) is 5.32 Å². The Bertz CT molecular complexity index is 427. The van der Waals surface area contributed by atoms with Crippen molar-refractivity contribution < 1.29 is 23.0 Å². The maximum absolute atomic E-state index is 12.9. The Morgan fingerprint density at radius 3 is 2.65 bits per heavy atom. The number of hydrogen-bond acceptors (Lipinski definition) is 3. The summed E-state index contributed by atoms with van der Waals surface area (Å²) in [6.45, 7) is 2.30. The fraction of sp³-hybridized carbons (Fsp3) is 0.538. The molecule has 1 aromatic carbocycles. The lowest BCUT2D eigenvalue weighted by Gasteiger charge is -2.19. The second-order valence-corrected chi connectivity index (χ2v) is 4.67. The molecule has 0 radical (unpaired) electrons. The van der Waals surface area contributed by atoms with Gasteiger partial charge in [0.25, 0.3) is 0 Å². The van der Waals surface area contributed by atoms with E-state index in [1.165, 1.54) is 12.1 Å². The number of rotatable bonds is 7. The summed E-state index contributed by atoms with van der Waals surface area (Å²) in [5.74, 6) is -0.244. The van der Waals surface area contributed by atoms with Crippen LogP contribution in [0.1, 0.15) is 18.9 Å². The van der Waals surface area contributed by atoms with E-state index in [1.54, 1.807) is 0 Å². The van der Waals surface area contributed by atoms with E-state index in [4.69, 9.17) is 21.4 Å². The van der Waals surface area contributed by atoms with E-state index in [9.17, 15) is 13.2 Å². The molecule has 0 heterocycles. The lowest BCUT2D eigenvalue weighted by atomic mass is 10.2. The van der Waals surface area contributed by atoms with Crippen molar-refractivity contribution in [3.05, 3.63) is 28.8 Å². The van der Waals surface area contributed by atoms with Gasteiger partial charge in [-0.05, 0) is 24.6 Å². The number of benzene rings is 1. The van der Waals surface area contributed by atoms with Crippen LogP contribution in [-0.2, 0) is 6.18 Å². The first-order valence-electron chi connectivity index (χ1n) is 6.22.